The highest BCUT2D eigenvalue weighted by Crippen LogP contribution is 2.42. The quantitative estimate of drug-likeness (QED) is 0.621. The molecular weight excluding hydrogens is 252 g/mol. The highest BCUT2D eigenvalue weighted by atomic mass is 16.4. The lowest BCUT2D eigenvalue weighted by atomic mass is 10.0. The number of nitrogens with one attached hydrogen (secondary N) is 2. The van der Waals surface area contributed by atoms with Crippen molar-refractivity contribution < 1.29 is 9.90 Å². The molecule has 0 aromatic heterocycles. The number of carboxylic acids is 1. The molecule has 20 heavy (non-hydrogen) atoms. The number of carbonyl (C=O) groups is 1. The Labute approximate surface area is 117 Å². The molecule has 0 atom stereocenters. The van der Waals surface area contributed by atoms with Gasteiger partial charge in [-0.15, -0.1) is 0 Å². The van der Waals surface area contributed by atoms with Crippen molar-refractivity contribution >= 4 is 28.7 Å². The highest BCUT2D eigenvalue weighted by Gasteiger charge is 2.21. The number of anilines is 4. The molecule has 1 aliphatic heterocycles. The molecule has 0 fully saturated rings. The van der Waals surface area contributed by atoms with Gasteiger partial charge in [-0.05, 0) is 49.6 Å². The third-order valence-electron chi connectivity index (χ3n) is 3.78. The van der Waals surface area contributed by atoms with Crippen LogP contribution in [0.5, 0.6) is 0 Å². The first kappa shape index (κ1) is 12.5. The zero-order valence-electron chi connectivity index (χ0n) is 11.7. The van der Waals surface area contributed by atoms with Crippen LogP contribution in [-0.4, -0.2) is 11.1 Å². The van der Waals surface area contributed by atoms with Crippen LogP contribution in [0.4, 0.5) is 22.7 Å². The van der Waals surface area contributed by atoms with Crippen LogP contribution in [0.25, 0.3) is 0 Å². The van der Waals surface area contributed by atoms with E-state index < -0.39 is 5.97 Å². The lowest BCUT2D eigenvalue weighted by Crippen LogP contribution is -2.04. The van der Waals surface area contributed by atoms with E-state index in [2.05, 4.69) is 23.6 Å². The fourth-order valence-corrected chi connectivity index (χ4v) is 2.80. The predicted molar refractivity (Wildman–Crippen MR) is 80.6 cm³/mol. The van der Waals surface area contributed by atoms with Crippen molar-refractivity contribution in [2.24, 2.45) is 0 Å². The fraction of sp³-hybridized carbons (Fsp3) is 0.188. The lowest BCUT2D eigenvalue weighted by Gasteiger charge is -2.14. The van der Waals surface area contributed by atoms with Gasteiger partial charge in [0.05, 0.1) is 16.9 Å². The van der Waals surface area contributed by atoms with Crippen molar-refractivity contribution in [1.82, 2.24) is 0 Å². The molecule has 0 saturated heterocycles. The summed E-state index contributed by atoms with van der Waals surface area (Å²) in [5.74, 6) is -0.932. The summed E-state index contributed by atoms with van der Waals surface area (Å²) in [6, 6.07) is 7.35. The molecule has 0 saturated carbocycles. The number of aromatic carboxylic acids is 1. The molecule has 4 nitrogen and oxygen atoms in total. The maximum absolute atomic E-state index is 11.4. The molecule has 0 amide bonds. The molecule has 102 valence electrons. The summed E-state index contributed by atoms with van der Waals surface area (Å²) in [6.07, 6.45) is 0. The smallest absolute Gasteiger partial charge is 0.337 e. The average molecular weight is 268 g/mol. The van der Waals surface area contributed by atoms with Gasteiger partial charge >= 0.3 is 5.97 Å². The number of fused-ring (bicyclic) bond motifs is 3. The predicted octanol–water partition coefficient (Wildman–Crippen LogP) is 4.11. The minimum absolute atomic E-state index is 0.272. The lowest BCUT2D eigenvalue weighted by molar-refractivity contribution is 0.0698. The molecule has 3 rings (SSSR count). The maximum atomic E-state index is 11.4. The van der Waals surface area contributed by atoms with Crippen LogP contribution < -0.4 is 10.6 Å². The van der Waals surface area contributed by atoms with Gasteiger partial charge in [0.15, 0.2) is 0 Å². The number of hydrogen-bond donors (Lipinski definition) is 3. The summed E-state index contributed by atoms with van der Waals surface area (Å²) in [5, 5.41) is 16.0. The molecule has 0 aliphatic carbocycles. The standard InChI is InChI=1S/C16H16N2O2/c1-8-7-9(2)14-10(3)13(8)17-12-6-4-5-11(16(19)20)15(12)18-14/h4-7,17-18H,1-3H3,(H,19,20). The third kappa shape index (κ3) is 1.72. The third-order valence-corrected chi connectivity index (χ3v) is 3.78. The van der Waals surface area contributed by atoms with Crippen molar-refractivity contribution in [3.05, 3.63) is 46.5 Å². The monoisotopic (exact) mass is 268 g/mol. The molecule has 0 unspecified atom stereocenters. The second-order valence-corrected chi connectivity index (χ2v) is 5.17. The summed E-state index contributed by atoms with van der Waals surface area (Å²) >= 11 is 0. The van der Waals surface area contributed by atoms with Crippen LogP contribution in [0.2, 0.25) is 0 Å². The summed E-state index contributed by atoms with van der Waals surface area (Å²) < 4.78 is 0. The number of rotatable bonds is 1. The van der Waals surface area contributed by atoms with Crippen LogP contribution in [0.3, 0.4) is 0 Å². The van der Waals surface area contributed by atoms with Gasteiger partial charge in [-0.25, -0.2) is 4.79 Å². The van der Waals surface area contributed by atoms with Gasteiger partial charge in [0.25, 0.3) is 0 Å². The topological polar surface area (TPSA) is 61.4 Å². The van der Waals surface area contributed by atoms with Crippen molar-refractivity contribution in [3.8, 4) is 0 Å². The van der Waals surface area contributed by atoms with Gasteiger partial charge in [-0.3, -0.25) is 0 Å². The largest absolute Gasteiger partial charge is 0.478 e. The summed E-state index contributed by atoms with van der Waals surface area (Å²) in [7, 11) is 0. The maximum Gasteiger partial charge on any atom is 0.337 e. The molecule has 4 heteroatoms. The first-order valence-electron chi connectivity index (χ1n) is 6.50. The van der Waals surface area contributed by atoms with Crippen LogP contribution in [0.1, 0.15) is 27.0 Å². The van der Waals surface area contributed by atoms with Crippen LogP contribution >= 0.6 is 0 Å². The van der Waals surface area contributed by atoms with Crippen molar-refractivity contribution in [2.45, 2.75) is 20.8 Å². The van der Waals surface area contributed by atoms with E-state index in [1.807, 2.05) is 19.9 Å². The van der Waals surface area contributed by atoms with E-state index in [9.17, 15) is 9.90 Å². The second-order valence-electron chi connectivity index (χ2n) is 5.17. The first-order chi connectivity index (χ1) is 9.49. The van der Waals surface area contributed by atoms with Crippen LogP contribution in [-0.2, 0) is 0 Å². The first-order valence-corrected chi connectivity index (χ1v) is 6.50. The Bertz CT molecular complexity index is 736. The molecule has 2 aromatic carbocycles. The van der Waals surface area contributed by atoms with E-state index in [1.165, 1.54) is 0 Å². The van der Waals surface area contributed by atoms with Gasteiger partial charge in [-0.1, -0.05) is 12.1 Å². The Hall–Kier alpha value is -2.49. The Kier molecular flexibility index (Phi) is 2.67. The minimum Gasteiger partial charge on any atom is -0.478 e. The zero-order chi connectivity index (χ0) is 14.4. The molecule has 0 spiro atoms. The van der Waals surface area contributed by atoms with Gasteiger partial charge in [-0.2, -0.15) is 0 Å². The Morgan fingerprint density at radius 3 is 2.30 bits per heavy atom. The average Bonchev–Trinajstić information content (AvgIpc) is 2.51. The number of hydrogen-bond acceptors (Lipinski definition) is 3. The second kappa shape index (κ2) is 4.27. The van der Waals surface area contributed by atoms with E-state index in [0.29, 0.717) is 5.69 Å². The Morgan fingerprint density at radius 1 is 1.00 bits per heavy atom. The van der Waals surface area contributed by atoms with Gasteiger partial charge in [0, 0.05) is 11.4 Å². The molecule has 0 radical (unpaired) electrons. The molecule has 2 bridgehead atoms. The van der Waals surface area contributed by atoms with E-state index in [0.717, 1.165) is 33.8 Å². The number of carboxylic acid groups (broad SMARTS) is 1. The summed E-state index contributed by atoms with van der Waals surface area (Å²) in [6.45, 7) is 6.12. The van der Waals surface area contributed by atoms with E-state index in [1.54, 1.807) is 12.1 Å². The van der Waals surface area contributed by atoms with Gasteiger partial charge < -0.3 is 15.7 Å². The van der Waals surface area contributed by atoms with Crippen LogP contribution in [0.15, 0.2) is 24.3 Å². The molecule has 1 aliphatic rings. The highest BCUT2D eigenvalue weighted by molar-refractivity contribution is 6.02. The normalized spacial score (nSPS) is 11.9. The summed E-state index contributed by atoms with van der Waals surface area (Å²) in [5.41, 5.74) is 7.06. The van der Waals surface area contributed by atoms with Crippen LogP contribution in [0, 0.1) is 20.8 Å². The van der Waals surface area contributed by atoms with E-state index in [-0.39, 0.29) is 5.56 Å². The van der Waals surface area contributed by atoms with Gasteiger partial charge in [0.2, 0.25) is 0 Å². The summed E-state index contributed by atoms with van der Waals surface area (Å²) in [4.78, 5) is 11.4. The van der Waals surface area contributed by atoms with Gasteiger partial charge in [0.1, 0.15) is 0 Å². The Balaban J connectivity index is 2.30. The Morgan fingerprint density at radius 2 is 1.65 bits per heavy atom. The zero-order valence-corrected chi connectivity index (χ0v) is 11.7. The fourth-order valence-electron chi connectivity index (χ4n) is 2.80. The molecule has 1 heterocycles. The number of aryl methyl sites for hydroxylation is 2. The van der Waals surface area contributed by atoms with Crippen molar-refractivity contribution in [3.63, 3.8) is 0 Å². The van der Waals surface area contributed by atoms with E-state index >= 15 is 0 Å². The molecule has 3 N–H and O–H groups in total. The number of benzene rings is 2. The minimum atomic E-state index is -0.932. The number of para-hydroxylation sites is 1. The molecule has 2 aromatic rings. The van der Waals surface area contributed by atoms with Crippen molar-refractivity contribution in [2.75, 3.05) is 10.6 Å². The SMILES string of the molecule is Cc1cc(C)c2c(C)c1Nc1cccc(C(=O)O)c1N2. The molecular formula is C16H16N2O2. The van der Waals surface area contributed by atoms with Crippen molar-refractivity contribution in [1.29, 1.82) is 0 Å². The van der Waals surface area contributed by atoms with E-state index in [4.69, 9.17) is 0 Å².